The first-order chi connectivity index (χ1) is 11.2. The van der Waals surface area contributed by atoms with Gasteiger partial charge in [0.2, 0.25) is 0 Å². The Labute approximate surface area is 151 Å². The first-order valence-corrected chi connectivity index (χ1v) is 9.25. The summed E-state index contributed by atoms with van der Waals surface area (Å²) < 4.78 is 6.10. The van der Waals surface area contributed by atoms with E-state index >= 15 is 0 Å². The molecule has 2 N–H and O–H groups in total. The number of hydrogen-bond acceptors (Lipinski definition) is 4. The van der Waals surface area contributed by atoms with Crippen molar-refractivity contribution in [3.63, 3.8) is 0 Å². The van der Waals surface area contributed by atoms with Crippen molar-refractivity contribution >= 4 is 22.0 Å². The molecule has 5 nitrogen and oxygen atoms in total. The van der Waals surface area contributed by atoms with Crippen molar-refractivity contribution in [3.8, 4) is 5.75 Å². The number of ether oxygens (including phenoxy) is 1. The van der Waals surface area contributed by atoms with Gasteiger partial charge in [-0.1, -0.05) is 6.07 Å². The van der Waals surface area contributed by atoms with Crippen molar-refractivity contribution in [2.45, 2.75) is 70.3 Å². The summed E-state index contributed by atoms with van der Waals surface area (Å²) in [5.41, 5.74) is 0.689. The predicted octanol–water partition coefficient (Wildman–Crippen LogP) is 3.78. The Morgan fingerprint density at radius 2 is 2.17 bits per heavy atom. The van der Waals surface area contributed by atoms with Crippen LogP contribution in [0.2, 0.25) is 0 Å². The number of phenols is 1. The molecule has 0 aromatic heterocycles. The molecule has 1 aromatic rings. The number of benzene rings is 1. The van der Waals surface area contributed by atoms with Crippen LogP contribution in [0.3, 0.4) is 0 Å². The third-order valence-electron chi connectivity index (χ3n) is 4.76. The van der Waals surface area contributed by atoms with Crippen molar-refractivity contribution in [1.29, 1.82) is 0 Å². The molecule has 0 spiro atoms. The topological polar surface area (TPSA) is 61.8 Å². The van der Waals surface area contributed by atoms with Gasteiger partial charge in [-0.25, -0.2) is 4.79 Å². The van der Waals surface area contributed by atoms with Gasteiger partial charge in [-0.05, 0) is 73.7 Å². The molecule has 2 heterocycles. The number of fused-ring (bicyclic) bond motifs is 2. The highest BCUT2D eigenvalue weighted by atomic mass is 79.9. The molecule has 2 aliphatic heterocycles. The Kier molecular flexibility index (Phi) is 4.80. The van der Waals surface area contributed by atoms with Crippen LogP contribution in [0.25, 0.3) is 0 Å². The van der Waals surface area contributed by atoms with Crippen molar-refractivity contribution < 1.29 is 14.6 Å². The van der Waals surface area contributed by atoms with Crippen LogP contribution in [-0.4, -0.2) is 39.8 Å². The number of rotatable bonds is 3. The van der Waals surface area contributed by atoms with E-state index in [4.69, 9.17) is 4.74 Å². The number of alkyl carbamates (subject to hydrolysis) is 1. The lowest BCUT2D eigenvalue weighted by atomic mass is 9.96. The van der Waals surface area contributed by atoms with Crippen LogP contribution in [0.15, 0.2) is 22.7 Å². The molecule has 0 aliphatic carbocycles. The molecule has 3 rings (SSSR count). The third-order valence-corrected chi connectivity index (χ3v) is 5.40. The fourth-order valence-electron chi connectivity index (χ4n) is 3.82. The standard InChI is InChI=1S/C18H25BrN2O3/c1-18(2,3)24-17(23)20-14-9-12-5-6-15(14)21(12)10-11-4-7-16(22)13(19)8-11/h4,7-8,12,14-15,22H,5-6,9-10H2,1-3H3,(H,20,23). The van der Waals surface area contributed by atoms with E-state index in [-0.39, 0.29) is 17.9 Å². The maximum Gasteiger partial charge on any atom is 0.407 e. The summed E-state index contributed by atoms with van der Waals surface area (Å²) in [5.74, 6) is 0.257. The average molecular weight is 397 g/mol. The van der Waals surface area contributed by atoms with Crippen molar-refractivity contribution in [2.75, 3.05) is 0 Å². The number of carbonyl (C=O) groups is 1. The molecule has 2 fully saturated rings. The van der Waals surface area contributed by atoms with Gasteiger partial charge in [0.15, 0.2) is 0 Å². The highest BCUT2D eigenvalue weighted by Gasteiger charge is 2.46. The number of amides is 1. The normalized spacial score (nSPS) is 26.6. The number of phenolic OH excluding ortho intramolecular Hbond substituents is 1. The van der Waals surface area contributed by atoms with Gasteiger partial charge < -0.3 is 15.2 Å². The number of halogens is 1. The van der Waals surface area contributed by atoms with Gasteiger partial charge in [0, 0.05) is 24.7 Å². The Hall–Kier alpha value is -1.27. The molecule has 0 saturated carbocycles. The smallest absolute Gasteiger partial charge is 0.407 e. The van der Waals surface area contributed by atoms with E-state index in [1.807, 2.05) is 32.9 Å². The van der Waals surface area contributed by atoms with Gasteiger partial charge >= 0.3 is 6.09 Å². The molecule has 2 saturated heterocycles. The van der Waals surface area contributed by atoms with Crippen molar-refractivity contribution in [2.24, 2.45) is 0 Å². The highest BCUT2D eigenvalue weighted by Crippen LogP contribution is 2.39. The Morgan fingerprint density at radius 1 is 1.42 bits per heavy atom. The van der Waals surface area contributed by atoms with E-state index < -0.39 is 5.60 Å². The maximum absolute atomic E-state index is 12.1. The number of nitrogens with one attached hydrogen (secondary N) is 1. The summed E-state index contributed by atoms with van der Waals surface area (Å²) in [6.45, 7) is 6.47. The fourth-order valence-corrected chi connectivity index (χ4v) is 4.25. The SMILES string of the molecule is CC(C)(C)OC(=O)NC1CC2CCC1N2Cc1ccc(O)c(Br)c1. The number of nitrogens with zero attached hydrogens (tertiary/aromatic N) is 1. The minimum absolute atomic E-state index is 0.152. The largest absolute Gasteiger partial charge is 0.507 e. The summed E-state index contributed by atoms with van der Waals surface area (Å²) in [6.07, 6.45) is 2.93. The van der Waals surface area contributed by atoms with Crippen LogP contribution in [-0.2, 0) is 11.3 Å². The average Bonchev–Trinajstić information content (AvgIpc) is 2.97. The maximum atomic E-state index is 12.1. The Bertz CT molecular complexity index is 629. The zero-order chi connectivity index (χ0) is 17.5. The molecule has 6 heteroatoms. The first kappa shape index (κ1) is 17.5. The van der Waals surface area contributed by atoms with E-state index in [0.717, 1.165) is 29.4 Å². The highest BCUT2D eigenvalue weighted by molar-refractivity contribution is 9.10. The van der Waals surface area contributed by atoms with Crippen LogP contribution in [0, 0.1) is 0 Å². The van der Waals surface area contributed by atoms with E-state index in [0.29, 0.717) is 12.1 Å². The molecule has 2 aliphatic rings. The quantitative estimate of drug-likeness (QED) is 0.815. The minimum atomic E-state index is -0.473. The van der Waals surface area contributed by atoms with Gasteiger partial charge in [-0.3, -0.25) is 4.90 Å². The molecule has 24 heavy (non-hydrogen) atoms. The molecule has 0 radical (unpaired) electrons. The zero-order valence-electron chi connectivity index (χ0n) is 14.4. The monoisotopic (exact) mass is 396 g/mol. The lowest BCUT2D eigenvalue weighted by Crippen LogP contribution is -2.45. The fraction of sp³-hybridized carbons (Fsp3) is 0.611. The first-order valence-electron chi connectivity index (χ1n) is 8.45. The molecule has 2 bridgehead atoms. The second-order valence-corrected chi connectivity index (χ2v) is 8.60. The Balaban J connectivity index is 1.63. The van der Waals surface area contributed by atoms with Crippen LogP contribution in [0.1, 0.15) is 45.6 Å². The van der Waals surface area contributed by atoms with Crippen molar-refractivity contribution in [3.05, 3.63) is 28.2 Å². The summed E-state index contributed by atoms with van der Waals surface area (Å²) in [7, 11) is 0. The molecule has 3 unspecified atom stereocenters. The second kappa shape index (κ2) is 6.56. The molecule has 1 amide bonds. The molecule has 3 atom stereocenters. The van der Waals surface area contributed by atoms with Gasteiger partial charge in [-0.15, -0.1) is 0 Å². The number of carbonyl (C=O) groups excluding carboxylic acids is 1. The van der Waals surface area contributed by atoms with Crippen molar-refractivity contribution in [1.82, 2.24) is 10.2 Å². The molecule has 1 aromatic carbocycles. The van der Waals surface area contributed by atoms with Gasteiger partial charge in [0.25, 0.3) is 0 Å². The molecule has 132 valence electrons. The zero-order valence-corrected chi connectivity index (χ0v) is 16.0. The molecular formula is C18H25BrN2O3. The number of aromatic hydroxyl groups is 1. The third kappa shape index (κ3) is 3.86. The predicted molar refractivity (Wildman–Crippen MR) is 95.9 cm³/mol. The summed E-state index contributed by atoms with van der Waals surface area (Å²) >= 11 is 3.37. The van der Waals surface area contributed by atoms with Crippen LogP contribution < -0.4 is 5.32 Å². The van der Waals surface area contributed by atoms with Crippen LogP contribution >= 0.6 is 15.9 Å². The summed E-state index contributed by atoms with van der Waals surface area (Å²) in [5, 5.41) is 12.7. The van der Waals surface area contributed by atoms with E-state index in [1.54, 1.807) is 6.07 Å². The lowest BCUT2D eigenvalue weighted by Gasteiger charge is -2.27. The number of hydrogen-bond donors (Lipinski definition) is 2. The van der Waals surface area contributed by atoms with E-state index in [2.05, 4.69) is 26.1 Å². The van der Waals surface area contributed by atoms with Crippen LogP contribution in [0.4, 0.5) is 4.79 Å². The van der Waals surface area contributed by atoms with Gasteiger partial charge in [0.1, 0.15) is 11.4 Å². The molecular weight excluding hydrogens is 372 g/mol. The second-order valence-electron chi connectivity index (χ2n) is 7.75. The minimum Gasteiger partial charge on any atom is -0.507 e. The lowest BCUT2D eigenvalue weighted by molar-refractivity contribution is 0.0491. The summed E-state index contributed by atoms with van der Waals surface area (Å²) in [6, 6.07) is 6.64. The van der Waals surface area contributed by atoms with Crippen LogP contribution in [0.5, 0.6) is 5.75 Å². The van der Waals surface area contributed by atoms with E-state index in [9.17, 15) is 9.90 Å². The summed E-state index contributed by atoms with van der Waals surface area (Å²) in [4.78, 5) is 14.5. The Morgan fingerprint density at radius 3 is 2.83 bits per heavy atom. The van der Waals surface area contributed by atoms with Gasteiger partial charge in [-0.2, -0.15) is 0 Å². The van der Waals surface area contributed by atoms with Gasteiger partial charge in [0.05, 0.1) is 4.47 Å². The van der Waals surface area contributed by atoms with E-state index in [1.165, 1.54) is 6.42 Å².